The van der Waals surface area contributed by atoms with E-state index in [1.807, 2.05) is 12.1 Å². The fourth-order valence-electron chi connectivity index (χ4n) is 4.97. The Morgan fingerprint density at radius 3 is 2.68 bits per heavy atom. The third kappa shape index (κ3) is 3.98. The van der Waals surface area contributed by atoms with Crippen molar-refractivity contribution in [1.82, 2.24) is 20.4 Å². The second kappa shape index (κ2) is 7.94. The number of hydrogen-bond donors (Lipinski definition) is 1. The number of benzene rings is 1. The standard InChI is InChI=1S/C24H22ClFN4O4/c25-17-5-3-15(7-18(17)26)33-10-21(31)29-24-11-23(12-24,13-24)22-28-20(30-34-22)9-32-16-4-6-19(27-8-16)14-1-2-14/h3-8,14H,1-2,9-13H2,(H,29,31). The zero-order valence-corrected chi connectivity index (χ0v) is 19.0. The molecule has 2 heterocycles. The van der Waals surface area contributed by atoms with Gasteiger partial charge in [-0.15, -0.1) is 0 Å². The van der Waals surface area contributed by atoms with Gasteiger partial charge in [0.1, 0.15) is 17.3 Å². The summed E-state index contributed by atoms with van der Waals surface area (Å²) >= 11 is 5.65. The van der Waals surface area contributed by atoms with Crippen molar-refractivity contribution < 1.29 is 23.2 Å². The van der Waals surface area contributed by atoms with Crippen LogP contribution in [-0.2, 0) is 16.8 Å². The summed E-state index contributed by atoms with van der Waals surface area (Å²) in [5.74, 6) is 1.74. The highest BCUT2D eigenvalue weighted by atomic mass is 35.5. The number of nitrogens with zero attached hydrogens (tertiary/aromatic N) is 3. The molecule has 0 aliphatic heterocycles. The summed E-state index contributed by atoms with van der Waals surface area (Å²) in [7, 11) is 0. The lowest BCUT2D eigenvalue weighted by molar-refractivity contribution is -0.143. The second-order valence-corrected chi connectivity index (χ2v) is 9.91. The van der Waals surface area contributed by atoms with Gasteiger partial charge in [0, 0.05) is 23.2 Å². The highest BCUT2D eigenvalue weighted by Crippen LogP contribution is 2.67. The van der Waals surface area contributed by atoms with Crippen LogP contribution in [0, 0.1) is 5.82 Å². The Morgan fingerprint density at radius 1 is 1.18 bits per heavy atom. The molecule has 1 amide bonds. The van der Waals surface area contributed by atoms with Gasteiger partial charge in [-0.25, -0.2) is 4.39 Å². The Bertz CT molecular complexity index is 1220. The van der Waals surface area contributed by atoms with Crippen LogP contribution in [0.25, 0.3) is 0 Å². The molecular weight excluding hydrogens is 463 g/mol. The average Bonchev–Trinajstić information content (AvgIpc) is 3.53. The van der Waals surface area contributed by atoms with Crippen LogP contribution >= 0.6 is 11.6 Å². The van der Waals surface area contributed by atoms with Gasteiger partial charge in [0.05, 0.1) is 16.6 Å². The molecular formula is C24H22ClFN4O4. The van der Waals surface area contributed by atoms with E-state index >= 15 is 0 Å². The number of ether oxygens (including phenoxy) is 2. The molecule has 176 valence electrons. The molecule has 7 rings (SSSR count). The molecule has 8 nitrogen and oxygen atoms in total. The Hall–Kier alpha value is -3.20. The van der Waals surface area contributed by atoms with E-state index in [-0.39, 0.29) is 40.8 Å². The second-order valence-electron chi connectivity index (χ2n) is 9.50. The fourth-order valence-corrected chi connectivity index (χ4v) is 5.09. The minimum Gasteiger partial charge on any atom is -0.484 e. The zero-order valence-electron chi connectivity index (χ0n) is 18.2. The number of aromatic nitrogens is 3. The third-order valence-electron chi connectivity index (χ3n) is 6.74. The van der Waals surface area contributed by atoms with Gasteiger partial charge < -0.3 is 19.3 Å². The number of hydrogen-bond acceptors (Lipinski definition) is 7. The summed E-state index contributed by atoms with van der Waals surface area (Å²) in [6.07, 6.45) is 6.35. The maximum atomic E-state index is 13.5. The van der Waals surface area contributed by atoms with Crippen molar-refractivity contribution in [2.75, 3.05) is 6.61 Å². The van der Waals surface area contributed by atoms with E-state index in [1.54, 1.807) is 6.20 Å². The fraction of sp³-hybridized carbons (Fsp3) is 0.417. The summed E-state index contributed by atoms with van der Waals surface area (Å²) < 4.78 is 30.1. The SMILES string of the molecule is O=C(COc1ccc(Cl)c(F)c1)NC12CC(c3nc(COc4ccc(C5CC5)nc4)no3)(C1)C2. The molecule has 4 aliphatic rings. The molecule has 0 unspecified atom stereocenters. The normalized spacial score (nSPS) is 24.6. The molecule has 4 saturated carbocycles. The highest BCUT2D eigenvalue weighted by Gasteiger charge is 2.72. The molecule has 34 heavy (non-hydrogen) atoms. The Labute approximate surface area is 199 Å². The Balaban J connectivity index is 0.971. The smallest absolute Gasteiger partial charge is 0.258 e. The molecule has 4 aliphatic carbocycles. The topological polar surface area (TPSA) is 99.4 Å². The van der Waals surface area contributed by atoms with E-state index in [2.05, 4.69) is 20.4 Å². The van der Waals surface area contributed by atoms with E-state index < -0.39 is 5.82 Å². The van der Waals surface area contributed by atoms with E-state index in [1.165, 1.54) is 25.0 Å². The van der Waals surface area contributed by atoms with Crippen molar-refractivity contribution in [2.24, 2.45) is 0 Å². The molecule has 2 aromatic heterocycles. The van der Waals surface area contributed by atoms with Crippen LogP contribution in [0.15, 0.2) is 41.1 Å². The van der Waals surface area contributed by atoms with Crippen LogP contribution < -0.4 is 14.8 Å². The van der Waals surface area contributed by atoms with Gasteiger partial charge in [0.15, 0.2) is 13.2 Å². The number of halogens is 2. The van der Waals surface area contributed by atoms with Crippen LogP contribution in [0.5, 0.6) is 11.5 Å². The molecule has 3 aromatic rings. The van der Waals surface area contributed by atoms with Crippen molar-refractivity contribution in [3.8, 4) is 11.5 Å². The first-order valence-corrected chi connectivity index (χ1v) is 11.6. The van der Waals surface area contributed by atoms with Crippen LogP contribution in [0.1, 0.15) is 55.4 Å². The Kier molecular flexibility index (Phi) is 4.98. The molecule has 2 bridgehead atoms. The summed E-state index contributed by atoms with van der Waals surface area (Å²) in [5.41, 5.74) is 0.655. The first kappa shape index (κ1) is 21.3. The van der Waals surface area contributed by atoms with Crippen molar-refractivity contribution >= 4 is 17.5 Å². The summed E-state index contributed by atoms with van der Waals surface area (Å²) in [4.78, 5) is 21.2. The minimum atomic E-state index is -0.589. The van der Waals surface area contributed by atoms with E-state index in [0.29, 0.717) is 23.4 Å². The summed E-state index contributed by atoms with van der Waals surface area (Å²) in [5, 5.41) is 7.06. The van der Waals surface area contributed by atoms with Crippen LogP contribution in [0.2, 0.25) is 5.02 Å². The molecule has 0 saturated heterocycles. The molecule has 0 radical (unpaired) electrons. The average molecular weight is 485 g/mol. The lowest BCUT2D eigenvalue weighted by atomic mass is 9.39. The predicted molar refractivity (Wildman–Crippen MR) is 118 cm³/mol. The monoisotopic (exact) mass is 484 g/mol. The molecule has 0 spiro atoms. The number of nitrogens with one attached hydrogen (secondary N) is 1. The molecule has 1 aromatic carbocycles. The lowest BCUT2D eigenvalue weighted by Crippen LogP contribution is -2.77. The van der Waals surface area contributed by atoms with Gasteiger partial charge in [-0.2, -0.15) is 4.98 Å². The maximum absolute atomic E-state index is 13.5. The molecule has 0 atom stereocenters. The number of amides is 1. The van der Waals surface area contributed by atoms with Crippen LogP contribution in [0.4, 0.5) is 4.39 Å². The largest absolute Gasteiger partial charge is 0.484 e. The quantitative estimate of drug-likeness (QED) is 0.488. The minimum absolute atomic E-state index is 0.00578. The number of carbonyl (C=O) groups excluding carboxylic acids is 1. The number of carbonyl (C=O) groups is 1. The Morgan fingerprint density at radius 2 is 1.97 bits per heavy atom. The van der Waals surface area contributed by atoms with Gasteiger partial charge in [-0.1, -0.05) is 16.8 Å². The first-order valence-electron chi connectivity index (χ1n) is 11.2. The van der Waals surface area contributed by atoms with E-state index in [0.717, 1.165) is 31.0 Å². The number of rotatable bonds is 9. The van der Waals surface area contributed by atoms with Crippen LogP contribution in [0.3, 0.4) is 0 Å². The van der Waals surface area contributed by atoms with Crippen molar-refractivity contribution in [3.63, 3.8) is 0 Å². The maximum Gasteiger partial charge on any atom is 0.258 e. The van der Waals surface area contributed by atoms with E-state index in [9.17, 15) is 9.18 Å². The van der Waals surface area contributed by atoms with Crippen molar-refractivity contribution in [2.45, 2.75) is 55.6 Å². The molecule has 10 heteroatoms. The summed E-state index contributed by atoms with van der Waals surface area (Å²) in [6.45, 7) is 0.00288. The van der Waals surface area contributed by atoms with E-state index in [4.69, 9.17) is 25.6 Å². The zero-order chi connectivity index (χ0) is 23.3. The van der Waals surface area contributed by atoms with Crippen molar-refractivity contribution in [1.29, 1.82) is 0 Å². The van der Waals surface area contributed by atoms with Gasteiger partial charge >= 0.3 is 0 Å². The van der Waals surface area contributed by atoms with Crippen LogP contribution in [-0.4, -0.2) is 33.2 Å². The van der Waals surface area contributed by atoms with Gasteiger partial charge in [-0.05, 0) is 56.4 Å². The van der Waals surface area contributed by atoms with Gasteiger partial charge in [0.2, 0.25) is 11.7 Å². The highest BCUT2D eigenvalue weighted by molar-refractivity contribution is 6.30. The van der Waals surface area contributed by atoms with Crippen molar-refractivity contribution in [3.05, 3.63) is 64.8 Å². The molecule has 4 fully saturated rings. The number of pyridine rings is 1. The third-order valence-corrected chi connectivity index (χ3v) is 7.05. The molecule has 1 N–H and O–H groups in total. The lowest BCUT2D eigenvalue weighted by Gasteiger charge is -2.68. The predicted octanol–water partition coefficient (Wildman–Crippen LogP) is 4.08. The summed E-state index contributed by atoms with van der Waals surface area (Å²) in [6, 6.07) is 7.99. The van der Waals surface area contributed by atoms with Gasteiger partial charge in [-0.3, -0.25) is 9.78 Å². The van der Waals surface area contributed by atoms with Gasteiger partial charge in [0.25, 0.3) is 5.91 Å². The first-order chi connectivity index (χ1) is 16.4.